The fourth-order valence-corrected chi connectivity index (χ4v) is 2.88. The maximum absolute atomic E-state index is 12.0. The van der Waals surface area contributed by atoms with Gasteiger partial charge in [-0.3, -0.25) is 4.79 Å². The Morgan fingerprint density at radius 3 is 2.79 bits per heavy atom. The second kappa shape index (κ2) is 7.18. The lowest BCUT2D eigenvalue weighted by molar-refractivity contribution is -0.124. The van der Waals surface area contributed by atoms with Gasteiger partial charge in [-0.05, 0) is 35.9 Å². The molecule has 24 heavy (non-hydrogen) atoms. The van der Waals surface area contributed by atoms with Crippen LogP contribution in [0.5, 0.6) is 11.5 Å². The van der Waals surface area contributed by atoms with E-state index in [2.05, 4.69) is 10.1 Å². The molecule has 1 amide bonds. The van der Waals surface area contributed by atoms with E-state index in [4.69, 9.17) is 4.74 Å². The standard InChI is InChI=1S/C17H15N3O3S/c1-23-15-9-12(7-8-14(15)21)10-18-20-16(22)11-24-17(20)19-13-5-3-2-4-6-13/h2-10,21H,11H2,1H3/b18-10+,19-17?. The lowest BCUT2D eigenvalue weighted by Gasteiger charge is -2.09. The number of amidine groups is 1. The Balaban J connectivity index is 1.84. The molecule has 3 rings (SSSR count). The molecule has 0 unspecified atom stereocenters. The predicted molar refractivity (Wildman–Crippen MR) is 95.1 cm³/mol. The van der Waals surface area contributed by atoms with Crippen LogP contribution in [0.3, 0.4) is 0 Å². The van der Waals surface area contributed by atoms with Crippen molar-refractivity contribution in [2.24, 2.45) is 10.1 Å². The molecule has 0 aromatic heterocycles. The topological polar surface area (TPSA) is 74.5 Å². The molecule has 7 heteroatoms. The van der Waals surface area contributed by atoms with E-state index < -0.39 is 0 Å². The summed E-state index contributed by atoms with van der Waals surface area (Å²) in [4.78, 5) is 16.5. The van der Waals surface area contributed by atoms with Crippen molar-refractivity contribution in [2.45, 2.75) is 0 Å². The van der Waals surface area contributed by atoms with E-state index >= 15 is 0 Å². The first-order valence-electron chi connectivity index (χ1n) is 7.18. The normalized spacial score (nSPS) is 16.3. The minimum atomic E-state index is -0.128. The van der Waals surface area contributed by atoms with Crippen molar-refractivity contribution in [1.82, 2.24) is 5.01 Å². The lowest BCUT2D eigenvalue weighted by atomic mass is 10.2. The average molecular weight is 341 g/mol. The largest absolute Gasteiger partial charge is 0.504 e. The molecule has 2 aromatic carbocycles. The fourth-order valence-electron chi connectivity index (χ4n) is 2.06. The van der Waals surface area contributed by atoms with Crippen LogP contribution in [0.1, 0.15) is 5.56 Å². The van der Waals surface area contributed by atoms with E-state index in [1.807, 2.05) is 30.3 Å². The van der Waals surface area contributed by atoms with Crippen molar-refractivity contribution < 1.29 is 14.6 Å². The highest BCUT2D eigenvalue weighted by Gasteiger charge is 2.28. The van der Waals surface area contributed by atoms with Crippen molar-refractivity contribution >= 4 is 34.7 Å². The molecule has 0 spiro atoms. The number of amides is 1. The van der Waals surface area contributed by atoms with Crippen molar-refractivity contribution in [3.63, 3.8) is 0 Å². The summed E-state index contributed by atoms with van der Waals surface area (Å²) in [7, 11) is 1.47. The van der Waals surface area contributed by atoms with Crippen LogP contribution in [0.2, 0.25) is 0 Å². The van der Waals surface area contributed by atoms with Crippen molar-refractivity contribution in [3.05, 3.63) is 54.1 Å². The molecule has 0 atom stereocenters. The summed E-state index contributed by atoms with van der Waals surface area (Å²) in [5, 5.41) is 15.7. The smallest absolute Gasteiger partial charge is 0.259 e. The van der Waals surface area contributed by atoms with Gasteiger partial charge in [0.1, 0.15) is 0 Å². The van der Waals surface area contributed by atoms with E-state index in [-0.39, 0.29) is 11.7 Å². The lowest BCUT2D eigenvalue weighted by Crippen LogP contribution is -2.23. The van der Waals surface area contributed by atoms with E-state index in [1.165, 1.54) is 36.2 Å². The van der Waals surface area contributed by atoms with Gasteiger partial charge in [0.2, 0.25) is 0 Å². The number of methoxy groups -OCH3 is 1. The molecule has 1 saturated heterocycles. The van der Waals surface area contributed by atoms with Gasteiger partial charge < -0.3 is 9.84 Å². The van der Waals surface area contributed by atoms with Gasteiger partial charge in [-0.1, -0.05) is 30.0 Å². The molecule has 122 valence electrons. The van der Waals surface area contributed by atoms with E-state index in [0.29, 0.717) is 22.2 Å². The molecule has 0 radical (unpaired) electrons. The average Bonchev–Trinajstić information content (AvgIpc) is 2.95. The van der Waals surface area contributed by atoms with Crippen molar-refractivity contribution in [2.75, 3.05) is 12.9 Å². The summed E-state index contributed by atoms with van der Waals surface area (Å²) in [6.45, 7) is 0. The van der Waals surface area contributed by atoms with E-state index in [1.54, 1.807) is 12.1 Å². The molecule has 1 N–H and O–H groups in total. The molecule has 0 bridgehead atoms. The Bertz CT molecular complexity index is 806. The second-order valence-electron chi connectivity index (χ2n) is 4.90. The third-order valence-corrected chi connectivity index (χ3v) is 4.16. The summed E-state index contributed by atoms with van der Waals surface area (Å²) in [6, 6.07) is 14.2. The first-order chi connectivity index (χ1) is 11.7. The zero-order chi connectivity index (χ0) is 16.9. The van der Waals surface area contributed by atoms with Gasteiger partial charge in [0.25, 0.3) is 5.91 Å². The number of ether oxygens (including phenoxy) is 1. The van der Waals surface area contributed by atoms with E-state index in [0.717, 1.165) is 5.69 Å². The number of phenols is 1. The summed E-state index contributed by atoms with van der Waals surface area (Å²) in [5.74, 6) is 0.576. The molecule has 1 heterocycles. The highest BCUT2D eigenvalue weighted by molar-refractivity contribution is 8.15. The van der Waals surface area contributed by atoms with Gasteiger partial charge in [-0.15, -0.1) is 0 Å². The van der Waals surface area contributed by atoms with Crippen LogP contribution in [0.25, 0.3) is 0 Å². The van der Waals surface area contributed by atoms with Gasteiger partial charge >= 0.3 is 0 Å². The zero-order valence-corrected chi connectivity index (χ0v) is 13.7. The molecule has 1 aliphatic rings. The minimum Gasteiger partial charge on any atom is -0.504 e. The first-order valence-corrected chi connectivity index (χ1v) is 8.16. The van der Waals surface area contributed by atoms with Gasteiger partial charge in [-0.25, -0.2) is 4.99 Å². The third-order valence-electron chi connectivity index (χ3n) is 3.25. The van der Waals surface area contributed by atoms with Crippen LogP contribution in [-0.4, -0.2) is 40.3 Å². The van der Waals surface area contributed by atoms with Gasteiger partial charge in [-0.2, -0.15) is 10.1 Å². The van der Waals surface area contributed by atoms with Crippen LogP contribution in [0.15, 0.2) is 58.6 Å². The molecule has 0 aliphatic carbocycles. The molecular weight excluding hydrogens is 326 g/mol. The summed E-state index contributed by atoms with van der Waals surface area (Å²) in [6.07, 6.45) is 1.53. The summed E-state index contributed by atoms with van der Waals surface area (Å²) >= 11 is 1.35. The Hall–Kier alpha value is -2.80. The number of nitrogens with zero attached hydrogens (tertiary/aromatic N) is 3. The second-order valence-corrected chi connectivity index (χ2v) is 5.84. The van der Waals surface area contributed by atoms with Crippen LogP contribution in [-0.2, 0) is 4.79 Å². The number of thioether (sulfide) groups is 1. The first kappa shape index (κ1) is 16.1. The van der Waals surface area contributed by atoms with E-state index in [9.17, 15) is 9.90 Å². The number of aliphatic imine (C=N–C) groups is 1. The number of benzene rings is 2. The Morgan fingerprint density at radius 2 is 2.04 bits per heavy atom. The number of phenolic OH excluding ortho intramolecular Hbond substituents is 1. The third kappa shape index (κ3) is 3.57. The number of aromatic hydroxyl groups is 1. The zero-order valence-electron chi connectivity index (χ0n) is 12.9. The SMILES string of the molecule is COc1cc(/C=N/N2C(=O)CSC2=Nc2ccccc2)ccc1O. The van der Waals surface area contributed by atoms with Crippen LogP contribution in [0.4, 0.5) is 5.69 Å². The molecule has 2 aromatic rings. The summed E-state index contributed by atoms with van der Waals surface area (Å²) < 4.78 is 5.06. The number of para-hydroxylation sites is 1. The van der Waals surface area contributed by atoms with Gasteiger partial charge in [0, 0.05) is 0 Å². The molecule has 1 aliphatic heterocycles. The van der Waals surface area contributed by atoms with Gasteiger partial charge in [0.15, 0.2) is 16.7 Å². The highest BCUT2D eigenvalue weighted by atomic mass is 32.2. The maximum Gasteiger partial charge on any atom is 0.259 e. The summed E-state index contributed by atoms with van der Waals surface area (Å²) in [5.41, 5.74) is 1.47. The quantitative estimate of drug-likeness (QED) is 0.868. The Kier molecular flexibility index (Phi) is 4.81. The molecule has 0 saturated carbocycles. The van der Waals surface area contributed by atoms with Crippen LogP contribution < -0.4 is 4.74 Å². The van der Waals surface area contributed by atoms with Crippen LogP contribution >= 0.6 is 11.8 Å². The van der Waals surface area contributed by atoms with Crippen molar-refractivity contribution in [1.29, 1.82) is 0 Å². The molecular formula is C17H15N3O3S. The number of hydrazone groups is 1. The maximum atomic E-state index is 12.0. The molecule has 1 fully saturated rings. The van der Waals surface area contributed by atoms with Crippen molar-refractivity contribution in [3.8, 4) is 11.5 Å². The number of rotatable bonds is 4. The monoisotopic (exact) mass is 341 g/mol. The number of carbonyl (C=O) groups is 1. The fraction of sp³-hybridized carbons (Fsp3) is 0.118. The Labute approximate surface area is 143 Å². The number of carbonyl (C=O) groups excluding carboxylic acids is 1. The Morgan fingerprint density at radius 1 is 1.25 bits per heavy atom. The highest BCUT2D eigenvalue weighted by Crippen LogP contribution is 2.26. The number of hydrogen-bond acceptors (Lipinski definition) is 6. The minimum absolute atomic E-state index is 0.0498. The number of hydrogen-bond donors (Lipinski definition) is 1. The molecule has 6 nitrogen and oxygen atoms in total. The predicted octanol–water partition coefficient (Wildman–Crippen LogP) is 3.00. The van der Waals surface area contributed by atoms with Gasteiger partial charge in [0.05, 0.1) is 24.8 Å². The van der Waals surface area contributed by atoms with Crippen LogP contribution in [0, 0.1) is 0 Å².